The smallest absolute Gasteiger partial charge is 0.278 e. The van der Waals surface area contributed by atoms with Gasteiger partial charge in [0.2, 0.25) is 5.95 Å². The minimum atomic E-state index is -0.315. The second-order valence-corrected chi connectivity index (χ2v) is 7.75. The standard InChI is InChI=1S/C19H23N7O/c1-19(2,3)12-6-4-11(5-7-12)16-21-18(26-25-16)22-17(27)15-13-10-20-9-8-14(13)23-24-15/h4-7,20H,8-10H2,1-3H3,(H,23,24)(H2,21,22,25,26,27). The Balaban J connectivity index is 1.50. The summed E-state index contributed by atoms with van der Waals surface area (Å²) in [5.41, 5.74) is 4.56. The summed E-state index contributed by atoms with van der Waals surface area (Å²) in [5, 5.41) is 20.0. The summed E-state index contributed by atoms with van der Waals surface area (Å²) in [4.78, 5) is 16.9. The molecule has 4 N–H and O–H groups in total. The zero-order chi connectivity index (χ0) is 19.0. The Morgan fingerprint density at radius 1 is 1.11 bits per heavy atom. The number of carbonyl (C=O) groups excluding carboxylic acids is 1. The molecule has 2 aromatic heterocycles. The number of carbonyl (C=O) groups is 1. The molecule has 8 heteroatoms. The molecule has 140 valence electrons. The van der Waals surface area contributed by atoms with E-state index in [1.807, 2.05) is 12.1 Å². The summed E-state index contributed by atoms with van der Waals surface area (Å²) in [6, 6.07) is 8.17. The zero-order valence-corrected chi connectivity index (χ0v) is 15.7. The lowest BCUT2D eigenvalue weighted by Crippen LogP contribution is -2.25. The lowest BCUT2D eigenvalue weighted by Gasteiger charge is -2.18. The van der Waals surface area contributed by atoms with Crippen LogP contribution in [0.15, 0.2) is 24.3 Å². The quantitative estimate of drug-likeness (QED) is 0.569. The van der Waals surface area contributed by atoms with Crippen molar-refractivity contribution in [3.63, 3.8) is 0 Å². The second-order valence-electron chi connectivity index (χ2n) is 7.75. The number of aromatic nitrogens is 5. The van der Waals surface area contributed by atoms with Crippen LogP contribution in [0.1, 0.15) is 48.1 Å². The molecule has 4 rings (SSSR count). The van der Waals surface area contributed by atoms with E-state index in [-0.39, 0.29) is 17.3 Å². The number of amides is 1. The average Bonchev–Trinajstić information content (AvgIpc) is 3.28. The molecule has 0 saturated heterocycles. The number of H-pyrrole nitrogens is 2. The van der Waals surface area contributed by atoms with Crippen LogP contribution in [0.4, 0.5) is 5.95 Å². The van der Waals surface area contributed by atoms with Crippen LogP contribution in [0.2, 0.25) is 0 Å². The Morgan fingerprint density at radius 3 is 2.63 bits per heavy atom. The van der Waals surface area contributed by atoms with Gasteiger partial charge in [0, 0.05) is 36.3 Å². The van der Waals surface area contributed by atoms with Crippen molar-refractivity contribution in [2.45, 2.75) is 39.2 Å². The van der Waals surface area contributed by atoms with Crippen LogP contribution in [-0.2, 0) is 18.4 Å². The van der Waals surface area contributed by atoms with E-state index in [0.29, 0.717) is 18.1 Å². The van der Waals surface area contributed by atoms with Crippen LogP contribution < -0.4 is 10.6 Å². The summed E-state index contributed by atoms with van der Waals surface area (Å²) in [6.45, 7) is 8.04. The van der Waals surface area contributed by atoms with Crippen LogP contribution in [-0.4, -0.2) is 37.8 Å². The van der Waals surface area contributed by atoms with Crippen LogP contribution in [0.5, 0.6) is 0 Å². The van der Waals surface area contributed by atoms with Gasteiger partial charge in [-0.15, -0.1) is 5.10 Å². The van der Waals surface area contributed by atoms with Gasteiger partial charge in [-0.25, -0.2) is 0 Å². The maximum atomic E-state index is 12.5. The molecule has 0 spiro atoms. The van der Waals surface area contributed by atoms with E-state index in [1.165, 1.54) is 5.56 Å². The molecule has 0 unspecified atom stereocenters. The molecule has 0 fully saturated rings. The Labute approximate surface area is 157 Å². The highest BCUT2D eigenvalue weighted by Crippen LogP contribution is 2.25. The topological polar surface area (TPSA) is 111 Å². The molecule has 0 aliphatic carbocycles. The van der Waals surface area contributed by atoms with Gasteiger partial charge in [-0.05, 0) is 11.0 Å². The normalized spacial score (nSPS) is 14.0. The van der Waals surface area contributed by atoms with Crippen molar-refractivity contribution in [1.82, 2.24) is 30.7 Å². The van der Waals surface area contributed by atoms with E-state index in [1.54, 1.807) is 0 Å². The maximum absolute atomic E-state index is 12.5. The SMILES string of the molecule is CC(C)(C)c1ccc(-c2nc(NC(=O)c3n[nH]c4c3CNCC4)n[nH]2)cc1. The number of nitrogens with one attached hydrogen (secondary N) is 4. The lowest BCUT2D eigenvalue weighted by atomic mass is 9.87. The number of nitrogens with zero attached hydrogens (tertiary/aromatic N) is 3. The van der Waals surface area contributed by atoms with E-state index in [2.05, 4.69) is 68.9 Å². The third kappa shape index (κ3) is 3.48. The van der Waals surface area contributed by atoms with Gasteiger partial charge in [0.1, 0.15) is 0 Å². The summed E-state index contributed by atoms with van der Waals surface area (Å²) in [7, 11) is 0. The molecule has 1 aliphatic heterocycles. The summed E-state index contributed by atoms with van der Waals surface area (Å²) in [6.07, 6.45) is 0.838. The fourth-order valence-electron chi connectivity index (χ4n) is 3.15. The van der Waals surface area contributed by atoms with Crippen LogP contribution >= 0.6 is 0 Å². The number of anilines is 1. The number of aromatic amines is 2. The molecule has 1 aromatic carbocycles. The highest BCUT2D eigenvalue weighted by atomic mass is 16.2. The fourth-order valence-corrected chi connectivity index (χ4v) is 3.15. The average molecular weight is 365 g/mol. The van der Waals surface area contributed by atoms with E-state index in [0.717, 1.165) is 29.8 Å². The maximum Gasteiger partial charge on any atom is 0.278 e. The Morgan fingerprint density at radius 2 is 1.89 bits per heavy atom. The van der Waals surface area contributed by atoms with E-state index >= 15 is 0 Å². The summed E-state index contributed by atoms with van der Waals surface area (Å²) >= 11 is 0. The predicted molar refractivity (Wildman–Crippen MR) is 102 cm³/mol. The molecular weight excluding hydrogens is 342 g/mol. The van der Waals surface area contributed by atoms with Crippen LogP contribution in [0.3, 0.4) is 0 Å². The van der Waals surface area contributed by atoms with Crippen molar-refractivity contribution < 1.29 is 4.79 Å². The molecule has 1 amide bonds. The zero-order valence-electron chi connectivity index (χ0n) is 15.7. The third-order valence-corrected chi connectivity index (χ3v) is 4.76. The van der Waals surface area contributed by atoms with Gasteiger partial charge in [-0.1, -0.05) is 45.0 Å². The molecule has 0 bridgehead atoms. The lowest BCUT2D eigenvalue weighted by molar-refractivity contribution is 0.102. The molecule has 8 nitrogen and oxygen atoms in total. The van der Waals surface area contributed by atoms with Crippen molar-refractivity contribution in [3.05, 3.63) is 46.8 Å². The van der Waals surface area contributed by atoms with Crippen molar-refractivity contribution in [3.8, 4) is 11.4 Å². The largest absolute Gasteiger partial charge is 0.312 e. The van der Waals surface area contributed by atoms with E-state index in [9.17, 15) is 4.79 Å². The van der Waals surface area contributed by atoms with Crippen molar-refractivity contribution >= 4 is 11.9 Å². The first-order chi connectivity index (χ1) is 12.9. The summed E-state index contributed by atoms with van der Waals surface area (Å²) in [5.74, 6) is 0.525. The van der Waals surface area contributed by atoms with Gasteiger partial charge in [-0.2, -0.15) is 10.1 Å². The van der Waals surface area contributed by atoms with Crippen LogP contribution in [0, 0.1) is 0 Å². The van der Waals surface area contributed by atoms with Gasteiger partial charge < -0.3 is 5.32 Å². The van der Waals surface area contributed by atoms with E-state index in [4.69, 9.17) is 0 Å². The number of rotatable bonds is 3. The molecule has 0 saturated carbocycles. The van der Waals surface area contributed by atoms with Gasteiger partial charge >= 0.3 is 0 Å². The molecule has 3 aromatic rings. The van der Waals surface area contributed by atoms with Gasteiger partial charge in [0.25, 0.3) is 5.91 Å². The van der Waals surface area contributed by atoms with Gasteiger partial charge in [-0.3, -0.25) is 20.3 Å². The minimum Gasteiger partial charge on any atom is -0.312 e. The third-order valence-electron chi connectivity index (χ3n) is 4.76. The Bertz CT molecular complexity index is 963. The predicted octanol–water partition coefficient (Wildman–Crippen LogP) is 2.39. The monoisotopic (exact) mass is 365 g/mol. The minimum absolute atomic E-state index is 0.0939. The van der Waals surface area contributed by atoms with Crippen LogP contribution in [0.25, 0.3) is 11.4 Å². The number of benzene rings is 1. The van der Waals surface area contributed by atoms with Gasteiger partial charge in [0.15, 0.2) is 11.5 Å². The second kappa shape index (κ2) is 6.62. The number of fused-ring (bicyclic) bond motifs is 1. The first-order valence-corrected chi connectivity index (χ1v) is 9.03. The molecule has 0 atom stereocenters. The Kier molecular flexibility index (Phi) is 4.27. The molecular formula is C19H23N7O. The fraction of sp³-hybridized carbons (Fsp3) is 0.368. The van der Waals surface area contributed by atoms with Crippen molar-refractivity contribution in [2.75, 3.05) is 11.9 Å². The van der Waals surface area contributed by atoms with Crippen molar-refractivity contribution in [2.24, 2.45) is 0 Å². The number of hydrogen-bond acceptors (Lipinski definition) is 5. The molecule has 0 radical (unpaired) electrons. The first-order valence-electron chi connectivity index (χ1n) is 9.03. The van der Waals surface area contributed by atoms with Gasteiger partial charge in [0.05, 0.1) is 0 Å². The van der Waals surface area contributed by atoms with Crippen molar-refractivity contribution in [1.29, 1.82) is 0 Å². The van der Waals surface area contributed by atoms with E-state index < -0.39 is 0 Å². The highest BCUT2D eigenvalue weighted by molar-refractivity contribution is 6.03. The summed E-state index contributed by atoms with van der Waals surface area (Å²) < 4.78 is 0. The first kappa shape index (κ1) is 17.4. The Hall–Kier alpha value is -3.00. The highest BCUT2D eigenvalue weighted by Gasteiger charge is 2.22. The number of hydrogen-bond donors (Lipinski definition) is 4. The molecule has 1 aliphatic rings. The molecule has 3 heterocycles. The molecule has 27 heavy (non-hydrogen) atoms.